The minimum atomic E-state index is -0.750. The second-order valence-electron chi connectivity index (χ2n) is 5.35. The maximum absolute atomic E-state index is 12.3. The van der Waals surface area contributed by atoms with Crippen molar-refractivity contribution in [3.8, 4) is 0 Å². The van der Waals surface area contributed by atoms with E-state index in [1.165, 1.54) is 0 Å². The molecule has 0 aromatic heterocycles. The Kier molecular flexibility index (Phi) is 3.97. The molecule has 0 radical (unpaired) electrons. The zero-order valence-corrected chi connectivity index (χ0v) is 11.6. The van der Waals surface area contributed by atoms with Crippen LogP contribution in [0.25, 0.3) is 0 Å². The van der Waals surface area contributed by atoms with Crippen molar-refractivity contribution in [1.29, 1.82) is 0 Å². The molecule has 5 heteroatoms. The molecule has 1 fully saturated rings. The molecular formula is C15H20N2O3. The summed E-state index contributed by atoms with van der Waals surface area (Å²) < 4.78 is 0. The second kappa shape index (κ2) is 5.53. The van der Waals surface area contributed by atoms with Gasteiger partial charge in [-0.3, -0.25) is 9.59 Å². The molecule has 0 saturated carbocycles. The Morgan fingerprint density at radius 3 is 2.25 bits per heavy atom. The average molecular weight is 276 g/mol. The molecule has 0 bridgehead atoms. The Balaban J connectivity index is 2.05. The van der Waals surface area contributed by atoms with Crippen LogP contribution < -0.4 is 5.73 Å². The van der Waals surface area contributed by atoms with Crippen molar-refractivity contribution in [2.45, 2.75) is 26.2 Å². The third-order valence-corrected chi connectivity index (χ3v) is 4.30. The lowest BCUT2D eigenvalue weighted by Crippen LogP contribution is -2.46. The number of hydrogen-bond acceptors (Lipinski definition) is 3. The summed E-state index contributed by atoms with van der Waals surface area (Å²) in [5.74, 6) is -0.806. The maximum atomic E-state index is 12.3. The number of aliphatic carboxylic acids is 1. The highest BCUT2D eigenvalue weighted by Crippen LogP contribution is 2.35. The second-order valence-corrected chi connectivity index (χ2v) is 5.35. The first-order chi connectivity index (χ1) is 9.48. The highest BCUT2D eigenvalue weighted by molar-refractivity contribution is 5.94. The van der Waals surface area contributed by atoms with Crippen molar-refractivity contribution < 1.29 is 14.7 Å². The monoisotopic (exact) mass is 276 g/mol. The van der Waals surface area contributed by atoms with E-state index >= 15 is 0 Å². The van der Waals surface area contributed by atoms with Crippen molar-refractivity contribution in [3.05, 3.63) is 29.8 Å². The van der Waals surface area contributed by atoms with Gasteiger partial charge in [0.1, 0.15) is 0 Å². The Labute approximate surface area is 118 Å². The van der Waals surface area contributed by atoms with Crippen molar-refractivity contribution in [2.75, 3.05) is 18.8 Å². The van der Waals surface area contributed by atoms with E-state index in [1.54, 1.807) is 29.2 Å². The van der Waals surface area contributed by atoms with Gasteiger partial charge in [0.15, 0.2) is 0 Å². The van der Waals surface area contributed by atoms with E-state index in [0.717, 1.165) is 0 Å². The van der Waals surface area contributed by atoms with Gasteiger partial charge in [-0.1, -0.05) is 6.92 Å². The first kappa shape index (κ1) is 14.4. The highest BCUT2D eigenvalue weighted by Gasteiger charge is 2.40. The molecule has 1 aromatic rings. The van der Waals surface area contributed by atoms with Crippen molar-refractivity contribution in [3.63, 3.8) is 0 Å². The number of hydrogen-bond donors (Lipinski definition) is 2. The van der Waals surface area contributed by atoms with Gasteiger partial charge in [0.25, 0.3) is 5.91 Å². The number of amides is 1. The largest absolute Gasteiger partial charge is 0.481 e. The summed E-state index contributed by atoms with van der Waals surface area (Å²) in [6.45, 7) is 2.87. The quantitative estimate of drug-likeness (QED) is 0.827. The molecule has 1 heterocycles. The summed E-state index contributed by atoms with van der Waals surface area (Å²) in [5, 5.41) is 9.34. The number of carbonyl (C=O) groups excluding carboxylic acids is 1. The van der Waals surface area contributed by atoms with Crippen LogP contribution in [-0.2, 0) is 4.79 Å². The Hall–Kier alpha value is -2.04. The zero-order chi connectivity index (χ0) is 14.8. The van der Waals surface area contributed by atoms with Gasteiger partial charge >= 0.3 is 5.97 Å². The van der Waals surface area contributed by atoms with E-state index in [9.17, 15) is 14.7 Å². The van der Waals surface area contributed by atoms with Crippen molar-refractivity contribution >= 4 is 17.6 Å². The molecule has 0 unspecified atom stereocenters. The number of piperidine rings is 1. The van der Waals surface area contributed by atoms with Gasteiger partial charge < -0.3 is 15.7 Å². The van der Waals surface area contributed by atoms with Gasteiger partial charge in [-0.25, -0.2) is 0 Å². The predicted molar refractivity (Wildman–Crippen MR) is 76.4 cm³/mol. The molecule has 3 N–H and O–H groups in total. The number of nitrogen functional groups attached to an aromatic ring is 1. The first-order valence-electron chi connectivity index (χ1n) is 6.87. The lowest BCUT2D eigenvalue weighted by molar-refractivity contribution is -0.152. The average Bonchev–Trinajstić information content (AvgIpc) is 2.47. The van der Waals surface area contributed by atoms with Gasteiger partial charge in [-0.2, -0.15) is 0 Å². The SMILES string of the molecule is CCC1(C(=O)O)CCN(C(=O)c2ccc(N)cc2)CC1. The summed E-state index contributed by atoms with van der Waals surface area (Å²) in [4.78, 5) is 25.4. The number of likely N-dealkylation sites (tertiary alicyclic amines) is 1. The lowest BCUT2D eigenvalue weighted by Gasteiger charge is -2.38. The molecular weight excluding hydrogens is 256 g/mol. The highest BCUT2D eigenvalue weighted by atomic mass is 16.4. The molecule has 1 aliphatic heterocycles. The molecule has 1 saturated heterocycles. The summed E-state index contributed by atoms with van der Waals surface area (Å²) in [6, 6.07) is 6.81. The Bertz CT molecular complexity index is 502. The first-order valence-corrected chi connectivity index (χ1v) is 6.87. The van der Waals surface area contributed by atoms with Crippen molar-refractivity contribution in [2.24, 2.45) is 5.41 Å². The van der Waals surface area contributed by atoms with Crippen LogP contribution in [0.4, 0.5) is 5.69 Å². The minimum absolute atomic E-state index is 0.0555. The standard InChI is InChI=1S/C15H20N2O3/c1-2-15(14(19)20)7-9-17(10-8-15)13(18)11-3-5-12(16)6-4-11/h3-6H,2,7-10,16H2,1H3,(H,19,20). The van der Waals surface area contributed by atoms with E-state index in [2.05, 4.69) is 0 Å². The van der Waals surface area contributed by atoms with Crippen LogP contribution in [0.2, 0.25) is 0 Å². The van der Waals surface area contributed by atoms with Crippen LogP contribution in [0, 0.1) is 5.41 Å². The van der Waals surface area contributed by atoms with Gasteiger partial charge in [0.05, 0.1) is 5.41 Å². The van der Waals surface area contributed by atoms with Gasteiger partial charge in [0, 0.05) is 24.3 Å². The summed E-state index contributed by atoms with van der Waals surface area (Å²) >= 11 is 0. The van der Waals surface area contributed by atoms with Crippen LogP contribution >= 0.6 is 0 Å². The van der Waals surface area contributed by atoms with Crippen molar-refractivity contribution in [1.82, 2.24) is 4.90 Å². The normalized spacial score (nSPS) is 17.8. The van der Waals surface area contributed by atoms with E-state index in [4.69, 9.17) is 5.73 Å². The summed E-state index contributed by atoms with van der Waals surface area (Å²) in [5.41, 5.74) is 6.15. The number of nitrogens with two attached hydrogens (primary N) is 1. The molecule has 1 amide bonds. The lowest BCUT2D eigenvalue weighted by atomic mass is 9.76. The third-order valence-electron chi connectivity index (χ3n) is 4.30. The molecule has 1 aliphatic rings. The van der Waals surface area contributed by atoms with Gasteiger partial charge in [-0.15, -0.1) is 0 Å². The van der Waals surface area contributed by atoms with E-state index in [0.29, 0.717) is 43.6 Å². The van der Waals surface area contributed by atoms with Crippen LogP contribution in [0.3, 0.4) is 0 Å². The number of rotatable bonds is 3. The molecule has 5 nitrogen and oxygen atoms in total. The van der Waals surface area contributed by atoms with Gasteiger partial charge in [-0.05, 0) is 43.5 Å². The van der Waals surface area contributed by atoms with Gasteiger partial charge in [0.2, 0.25) is 0 Å². The Morgan fingerprint density at radius 2 is 1.80 bits per heavy atom. The molecule has 2 rings (SSSR count). The Morgan fingerprint density at radius 1 is 1.25 bits per heavy atom. The topological polar surface area (TPSA) is 83.6 Å². The number of carboxylic acid groups (broad SMARTS) is 1. The smallest absolute Gasteiger partial charge is 0.309 e. The third kappa shape index (κ3) is 2.61. The number of nitrogens with zero attached hydrogens (tertiary/aromatic N) is 1. The van der Waals surface area contributed by atoms with E-state index < -0.39 is 11.4 Å². The molecule has 0 spiro atoms. The van der Waals surface area contributed by atoms with E-state index in [1.807, 2.05) is 6.92 Å². The predicted octanol–water partition coefficient (Wildman–Crippen LogP) is 1.99. The summed E-state index contributed by atoms with van der Waals surface area (Å²) in [7, 11) is 0. The molecule has 0 aliphatic carbocycles. The number of carbonyl (C=O) groups is 2. The number of benzene rings is 1. The molecule has 1 aromatic carbocycles. The fourth-order valence-corrected chi connectivity index (χ4v) is 2.66. The fraction of sp³-hybridized carbons (Fsp3) is 0.467. The van der Waals surface area contributed by atoms with Crippen LogP contribution in [0.1, 0.15) is 36.5 Å². The zero-order valence-electron chi connectivity index (χ0n) is 11.6. The fourth-order valence-electron chi connectivity index (χ4n) is 2.66. The molecule has 0 atom stereocenters. The summed E-state index contributed by atoms with van der Waals surface area (Å²) in [6.07, 6.45) is 1.63. The van der Waals surface area contributed by atoms with Crippen LogP contribution in [-0.4, -0.2) is 35.0 Å². The maximum Gasteiger partial charge on any atom is 0.309 e. The van der Waals surface area contributed by atoms with E-state index in [-0.39, 0.29) is 5.91 Å². The van der Waals surface area contributed by atoms with Crippen LogP contribution in [0.15, 0.2) is 24.3 Å². The number of carboxylic acids is 1. The molecule has 108 valence electrons. The minimum Gasteiger partial charge on any atom is -0.481 e. The number of anilines is 1. The molecule has 20 heavy (non-hydrogen) atoms. The van der Waals surface area contributed by atoms with Crippen LogP contribution in [0.5, 0.6) is 0 Å².